The lowest BCUT2D eigenvalue weighted by molar-refractivity contribution is -0.132. The molecule has 1 fully saturated rings. The first kappa shape index (κ1) is 20.4. The predicted octanol–water partition coefficient (Wildman–Crippen LogP) is 4.84. The smallest absolute Gasteiger partial charge is 0.228 e. The molecule has 32 heavy (non-hydrogen) atoms. The lowest BCUT2D eigenvalue weighted by Crippen LogP contribution is -2.41. The number of rotatable bonds is 7. The zero-order chi connectivity index (χ0) is 21.8. The molecule has 0 aliphatic heterocycles. The molecule has 1 aliphatic rings. The summed E-state index contributed by atoms with van der Waals surface area (Å²) in [5.41, 5.74) is 1.95. The molecular weight excluding hydrogens is 400 g/mol. The van der Waals surface area contributed by atoms with Crippen LogP contribution in [0.5, 0.6) is 0 Å². The second-order valence-electron chi connectivity index (χ2n) is 8.34. The molecule has 2 heterocycles. The lowest BCUT2D eigenvalue weighted by Gasteiger charge is -2.29. The third-order valence-electron chi connectivity index (χ3n) is 6.28. The van der Waals surface area contributed by atoms with E-state index in [2.05, 4.69) is 39.4 Å². The van der Waals surface area contributed by atoms with Gasteiger partial charge in [-0.25, -0.2) is 0 Å². The van der Waals surface area contributed by atoms with E-state index in [0.29, 0.717) is 37.1 Å². The van der Waals surface area contributed by atoms with Crippen molar-refractivity contribution in [2.24, 2.45) is 0 Å². The average Bonchev–Trinajstić information content (AvgIpc) is 3.53. The van der Waals surface area contributed by atoms with Crippen LogP contribution in [0.25, 0.3) is 22.2 Å². The van der Waals surface area contributed by atoms with Crippen LogP contribution in [-0.4, -0.2) is 38.5 Å². The van der Waals surface area contributed by atoms with Crippen LogP contribution in [-0.2, 0) is 17.6 Å². The van der Waals surface area contributed by atoms with Crippen LogP contribution in [0.2, 0.25) is 0 Å². The Hall–Kier alpha value is -3.54. The molecule has 1 amide bonds. The molecule has 6 heteroatoms. The fraction of sp³-hybridized carbons (Fsp3) is 0.308. The maximum absolute atomic E-state index is 13.4. The van der Waals surface area contributed by atoms with Gasteiger partial charge in [0, 0.05) is 37.0 Å². The van der Waals surface area contributed by atoms with Crippen molar-refractivity contribution in [2.75, 3.05) is 6.54 Å². The number of hydrogen-bond donors (Lipinski definition) is 0. The highest BCUT2D eigenvalue weighted by atomic mass is 16.5. The van der Waals surface area contributed by atoms with E-state index in [0.717, 1.165) is 29.4 Å². The number of hydrogen-bond acceptors (Lipinski definition) is 5. The number of aromatic nitrogens is 3. The van der Waals surface area contributed by atoms with Gasteiger partial charge in [-0.1, -0.05) is 60.5 Å². The number of benzene rings is 2. The number of nitrogens with zero attached hydrogens (tertiary/aromatic N) is 4. The number of amides is 1. The third-order valence-corrected chi connectivity index (χ3v) is 6.28. The first-order chi connectivity index (χ1) is 15.8. The Bertz CT molecular complexity index is 1190. The molecule has 6 nitrogen and oxygen atoms in total. The fourth-order valence-electron chi connectivity index (χ4n) is 4.63. The summed E-state index contributed by atoms with van der Waals surface area (Å²) < 4.78 is 5.47. The summed E-state index contributed by atoms with van der Waals surface area (Å²) in [4.78, 5) is 24.0. The van der Waals surface area contributed by atoms with Gasteiger partial charge < -0.3 is 9.42 Å². The van der Waals surface area contributed by atoms with E-state index in [1.54, 1.807) is 12.4 Å². The first-order valence-electron chi connectivity index (χ1n) is 11.3. The van der Waals surface area contributed by atoms with E-state index in [1.165, 1.54) is 18.2 Å². The maximum atomic E-state index is 13.4. The van der Waals surface area contributed by atoms with Gasteiger partial charge in [0.15, 0.2) is 0 Å². The Balaban J connectivity index is 1.32. The Labute approximate surface area is 187 Å². The highest BCUT2D eigenvalue weighted by molar-refractivity contribution is 5.90. The summed E-state index contributed by atoms with van der Waals surface area (Å²) in [7, 11) is 0. The topological polar surface area (TPSA) is 72.1 Å². The summed E-state index contributed by atoms with van der Waals surface area (Å²) in [6.45, 7) is 0.590. The van der Waals surface area contributed by atoms with Crippen LogP contribution in [0.4, 0.5) is 0 Å². The molecule has 0 unspecified atom stereocenters. The lowest BCUT2D eigenvalue weighted by atomic mass is 10.0. The second kappa shape index (κ2) is 9.30. The summed E-state index contributed by atoms with van der Waals surface area (Å²) in [5.74, 6) is 1.27. The molecule has 5 rings (SSSR count). The van der Waals surface area contributed by atoms with Crippen LogP contribution in [0.3, 0.4) is 0 Å². The van der Waals surface area contributed by atoms with Crippen LogP contribution in [0.1, 0.15) is 37.1 Å². The van der Waals surface area contributed by atoms with E-state index in [-0.39, 0.29) is 5.91 Å². The van der Waals surface area contributed by atoms with E-state index < -0.39 is 0 Å². The maximum Gasteiger partial charge on any atom is 0.228 e. The molecule has 2 aromatic carbocycles. The van der Waals surface area contributed by atoms with Gasteiger partial charge in [0.1, 0.15) is 0 Å². The predicted molar refractivity (Wildman–Crippen MR) is 123 cm³/mol. The molecule has 2 aromatic heterocycles. The van der Waals surface area contributed by atoms with Crippen molar-refractivity contribution in [3.63, 3.8) is 0 Å². The van der Waals surface area contributed by atoms with Gasteiger partial charge in [-0.3, -0.25) is 9.78 Å². The highest BCUT2D eigenvalue weighted by Gasteiger charge is 2.27. The Kier molecular flexibility index (Phi) is 5.92. The van der Waals surface area contributed by atoms with Crippen molar-refractivity contribution in [1.82, 2.24) is 20.0 Å². The van der Waals surface area contributed by atoms with Crippen LogP contribution in [0.15, 0.2) is 71.5 Å². The average molecular weight is 427 g/mol. The van der Waals surface area contributed by atoms with E-state index in [1.807, 2.05) is 35.2 Å². The van der Waals surface area contributed by atoms with Crippen LogP contribution in [0, 0.1) is 0 Å². The minimum absolute atomic E-state index is 0.169. The van der Waals surface area contributed by atoms with Gasteiger partial charge >= 0.3 is 0 Å². The van der Waals surface area contributed by atoms with Crippen molar-refractivity contribution in [3.8, 4) is 11.4 Å². The van der Waals surface area contributed by atoms with E-state index in [9.17, 15) is 4.79 Å². The first-order valence-corrected chi connectivity index (χ1v) is 11.3. The van der Waals surface area contributed by atoms with Crippen molar-refractivity contribution in [2.45, 2.75) is 44.6 Å². The van der Waals surface area contributed by atoms with E-state index >= 15 is 0 Å². The summed E-state index contributed by atoms with van der Waals surface area (Å²) in [5, 5.41) is 6.40. The number of carbonyl (C=O) groups is 1. The molecule has 0 bridgehead atoms. The number of fused-ring (bicyclic) bond motifs is 1. The largest absolute Gasteiger partial charge is 0.339 e. The molecule has 4 aromatic rings. The van der Waals surface area contributed by atoms with Gasteiger partial charge in [0.2, 0.25) is 17.6 Å². The zero-order valence-electron chi connectivity index (χ0n) is 18.0. The normalized spacial score (nSPS) is 14.1. The van der Waals surface area contributed by atoms with Gasteiger partial charge in [-0.2, -0.15) is 4.98 Å². The molecular formula is C26H26N4O2. The third kappa shape index (κ3) is 4.40. The van der Waals surface area contributed by atoms with Crippen molar-refractivity contribution in [3.05, 3.63) is 78.4 Å². The zero-order valence-corrected chi connectivity index (χ0v) is 18.0. The van der Waals surface area contributed by atoms with Crippen molar-refractivity contribution in [1.29, 1.82) is 0 Å². The monoisotopic (exact) mass is 426 g/mol. The molecule has 0 N–H and O–H groups in total. The SMILES string of the molecule is O=C(Cc1cccc2ccccc12)N(CCc1nc(-c2ccncc2)no1)C1CCCC1. The summed E-state index contributed by atoms with van der Waals surface area (Å²) in [6, 6.07) is 18.4. The number of pyridine rings is 1. The summed E-state index contributed by atoms with van der Waals surface area (Å²) >= 11 is 0. The highest BCUT2D eigenvalue weighted by Crippen LogP contribution is 2.26. The molecule has 0 spiro atoms. The summed E-state index contributed by atoms with van der Waals surface area (Å²) in [6.07, 6.45) is 8.85. The van der Waals surface area contributed by atoms with Crippen LogP contribution >= 0.6 is 0 Å². The van der Waals surface area contributed by atoms with Crippen molar-refractivity contribution < 1.29 is 9.32 Å². The fourth-order valence-corrected chi connectivity index (χ4v) is 4.63. The molecule has 0 saturated heterocycles. The minimum atomic E-state index is 0.169. The molecule has 1 saturated carbocycles. The second-order valence-corrected chi connectivity index (χ2v) is 8.34. The quantitative estimate of drug-likeness (QED) is 0.423. The van der Waals surface area contributed by atoms with Gasteiger partial charge in [0.25, 0.3) is 0 Å². The van der Waals surface area contributed by atoms with E-state index in [4.69, 9.17) is 4.52 Å². The Morgan fingerprint density at radius 1 is 1.00 bits per heavy atom. The number of carbonyl (C=O) groups excluding carboxylic acids is 1. The standard InChI is InChI=1S/C26H26N4O2/c31-25(18-21-8-5-7-19-6-1-4-11-23(19)21)30(22-9-2-3-10-22)17-14-24-28-26(29-32-24)20-12-15-27-16-13-20/h1,4-8,11-13,15-16,22H,2-3,9-10,14,17-18H2. The Morgan fingerprint density at radius 3 is 2.62 bits per heavy atom. The van der Waals surface area contributed by atoms with Gasteiger partial charge in [-0.15, -0.1) is 0 Å². The van der Waals surface area contributed by atoms with Gasteiger partial charge in [0.05, 0.1) is 6.42 Å². The van der Waals surface area contributed by atoms with Crippen molar-refractivity contribution >= 4 is 16.7 Å². The molecule has 0 atom stereocenters. The molecule has 0 radical (unpaired) electrons. The molecule has 1 aliphatic carbocycles. The minimum Gasteiger partial charge on any atom is -0.339 e. The molecule has 162 valence electrons. The Morgan fingerprint density at radius 2 is 1.78 bits per heavy atom. The van der Waals surface area contributed by atoms with Crippen LogP contribution < -0.4 is 0 Å². The van der Waals surface area contributed by atoms with Gasteiger partial charge in [-0.05, 0) is 41.3 Å².